The maximum Gasteiger partial charge on any atom is 0.163 e. The highest BCUT2D eigenvalue weighted by molar-refractivity contribution is 6.24. The topological polar surface area (TPSA) is 56.5 Å². The van der Waals surface area contributed by atoms with E-state index in [0.717, 1.165) is 45.1 Å². The lowest BCUT2D eigenvalue weighted by molar-refractivity contribution is 0.992. The van der Waals surface area contributed by atoms with Crippen LogP contribution >= 0.6 is 0 Å². The van der Waals surface area contributed by atoms with E-state index in [9.17, 15) is 0 Å². The summed E-state index contributed by atoms with van der Waals surface area (Å²) >= 11 is 0. The summed E-state index contributed by atoms with van der Waals surface area (Å²) < 4.78 is 2.31. The van der Waals surface area contributed by atoms with Gasteiger partial charge in [0, 0.05) is 33.2 Å². The van der Waals surface area contributed by atoms with Crippen LogP contribution in [0.2, 0.25) is 0 Å². The summed E-state index contributed by atoms with van der Waals surface area (Å²) in [4.78, 5) is 18.6. The molecule has 0 atom stereocenters. The second kappa shape index (κ2) is 13.0. The lowest BCUT2D eigenvalue weighted by Crippen LogP contribution is -1.99. The van der Waals surface area contributed by atoms with E-state index in [-0.39, 0.29) is 0 Å². The molecule has 0 fully saturated rings. The maximum absolute atomic E-state index is 5.23. The van der Waals surface area contributed by atoms with Crippen LogP contribution in [0.4, 0.5) is 0 Å². The normalized spacial score (nSPS) is 11.1. The Labute approximate surface area is 285 Å². The Hall–Kier alpha value is -6.46. The number of rotatable bonds is 4. The standard InChI is InChI=1S/C28H20N2.C16H13N3/c1-19-15-17-20(18-16-19)28-29-26-24-13-7-5-11-22(24)23-12-6-8-14-25(23)27(26)30(28)21-9-3-2-4-10-21;1-12-17-15(13-8-4-2-5-9-13)19-16(18-12)14-10-6-3-7-11-14/h2-18H,1H3;2-11H,1H3. The van der Waals surface area contributed by atoms with E-state index in [1.165, 1.54) is 27.1 Å². The molecule has 7 aromatic carbocycles. The summed E-state index contributed by atoms with van der Waals surface area (Å²) in [6, 6.07) is 56.3. The second-order valence-electron chi connectivity index (χ2n) is 12.0. The van der Waals surface area contributed by atoms with Gasteiger partial charge in [-0.1, -0.05) is 157 Å². The average molecular weight is 632 g/mol. The van der Waals surface area contributed by atoms with Gasteiger partial charge in [0.25, 0.3) is 0 Å². The molecule has 234 valence electrons. The summed E-state index contributed by atoms with van der Waals surface area (Å²) in [5.41, 5.74) is 7.70. The molecule has 0 aliphatic rings. The van der Waals surface area contributed by atoms with Gasteiger partial charge in [0.2, 0.25) is 0 Å². The van der Waals surface area contributed by atoms with Crippen molar-refractivity contribution < 1.29 is 0 Å². The Kier molecular flexibility index (Phi) is 7.92. The van der Waals surface area contributed by atoms with Gasteiger partial charge in [0.1, 0.15) is 11.6 Å². The monoisotopic (exact) mass is 631 g/mol. The van der Waals surface area contributed by atoms with Gasteiger partial charge < -0.3 is 0 Å². The molecule has 2 aromatic heterocycles. The van der Waals surface area contributed by atoms with Crippen molar-refractivity contribution in [2.24, 2.45) is 0 Å². The molecule has 9 aromatic rings. The third kappa shape index (κ3) is 5.83. The van der Waals surface area contributed by atoms with Crippen molar-refractivity contribution in [1.29, 1.82) is 0 Å². The Morgan fingerprint density at radius 1 is 0.388 bits per heavy atom. The number of para-hydroxylation sites is 1. The van der Waals surface area contributed by atoms with Crippen LogP contribution in [-0.4, -0.2) is 24.5 Å². The van der Waals surface area contributed by atoms with Crippen LogP contribution < -0.4 is 0 Å². The zero-order chi connectivity index (χ0) is 33.2. The third-order valence-electron chi connectivity index (χ3n) is 8.67. The summed E-state index contributed by atoms with van der Waals surface area (Å²) in [7, 11) is 0. The first-order valence-corrected chi connectivity index (χ1v) is 16.4. The van der Waals surface area contributed by atoms with Crippen molar-refractivity contribution >= 4 is 32.6 Å². The van der Waals surface area contributed by atoms with Crippen LogP contribution in [0.3, 0.4) is 0 Å². The second-order valence-corrected chi connectivity index (χ2v) is 12.0. The first kappa shape index (κ1) is 29.9. The molecular weight excluding hydrogens is 599 g/mol. The van der Waals surface area contributed by atoms with Gasteiger partial charge in [-0.05, 0) is 36.8 Å². The molecule has 0 saturated heterocycles. The molecule has 0 aliphatic carbocycles. The van der Waals surface area contributed by atoms with E-state index in [0.29, 0.717) is 11.6 Å². The van der Waals surface area contributed by atoms with Gasteiger partial charge in [0.05, 0.1) is 11.0 Å². The van der Waals surface area contributed by atoms with Crippen LogP contribution in [0.25, 0.3) is 72.4 Å². The Morgan fingerprint density at radius 3 is 1.43 bits per heavy atom. The fourth-order valence-electron chi connectivity index (χ4n) is 6.34. The highest BCUT2D eigenvalue weighted by atomic mass is 15.1. The van der Waals surface area contributed by atoms with E-state index < -0.39 is 0 Å². The molecular formula is C44H33N5. The molecule has 0 aliphatic heterocycles. The molecule has 5 nitrogen and oxygen atoms in total. The van der Waals surface area contributed by atoms with Crippen molar-refractivity contribution in [3.8, 4) is 39.9 Å². The zero-order valence-electron chi connectivity index (χ0n) is 27.3. The van der Waals surface area contributed by atoms with E-state index >= 15 is 0 Å². The largest absolute Gasteiger partial charge is 0.292 e. The smallest absolute Gasteiger partial charge is 0.163 e. The molecule has 0 bridgehead atoms. The number of aryl methyl sites for hydroxylation is 2. The number of imidazole rings is 1. The fourth-order valence-corrected chi connectivity index (χ4v) is 6.34. The Balaban J connectivity index is 0.000000158. The highest BCUT2D eigenvalue weighted by Gasteiger charge is 2.19. The lowest BCUT2D eigenvalue weighted by Gasteiger charge is -2.12. The minimum atomic E-state index is 0.715. The molecule has 0 saturated carbocycles. The number of fused-ring (bicyclic) bond motifs is 6. The number of nitrogens with zero attached hydrogens (tertiary/aromatic N) is 5. The van der Waals surface area contributed by atoms with Crippen LogP contribution in [-0.2, 0) is 0 Å². The van der Waals surface area contributed by atoms with Gasteiger partial charge in [-0.25, -0.2) is 19.9 Å². The van der Waals surface area contributed by atoms with E-state index in [1.54, 1.807) is 0 Å². The first-order chi connectivity index (χ1) is 24.1. The molecule has 0 amide bonds. The van der Waals surface area contributed by atoms with Crippen LogP contribution in [0.5, 0.6) is 0 Å². The van der Waals surface area contributed by atoms with Gasteiger partial charge in [-0.3, -0.25) is 4.57 Å². The quantitative estimate of drug-likeness (QED) is 0.181. The highest BCUT2D eigenvalue weighted by Crippen LogP contribution is 2.39. The van der Waals surface area contributed by atoms with Crippen LogP contribution in [0.1, 0.15) is 11.4 Å². The number of hydrogen-bond donors (Lipinski definition) is 0. The van der Waals surface area contributed by atoms with Gasteiger partial charge >= 0.3 is 0 Å². The summed E-state index contributed by atoms with van der Waals surface area (Å²) in [6.07, 6.45) is 0. The molecule has 0 unspecified atom stereocenters. The number of aromatic nitrogens is 5. The van der Waals surface area contributed by atoms with Crippen molar-refractivity contribution in [2.75, 3.05) is 0 Å². The van der Waals surface area contributed by atoms with E-state index in [2.05, 4.69) is 130 Å². The van der Waals surface area contributed by atoms with E-state index in [4.69, 9.17) is 4.98 Å². The number of hydrogen-bond acceptors (Lipinski definition) is 4. The summed E-state index contributed by atoms with van der Waals surface area (Å²) in [6.45, 7) is 4.01. The molecule has 9 rings (SSSR count). The number of benzene rings is 7. The summed E-state index contributed by atoms with van der Waals surface area (Å²) in [5, 5.41) is 4.91. The SMILES string of the molecule is Cc1ccc(-c2nc3c4ccccc4c4ccccc4c3n2-c2ccccc2)cc1.Cc1nc(-c2ccccc2)nc(-c2ccccc2)n1. The molecule has 0 spiro atoms. The first-order valence-electron chi connectivity index (χ1n) is 16.4. The minimum Gasteiger partial charge on any atom is -0.292 e. The van der Waals surface area contributed by atoms with Crippen LogP contribution in [0.15, 0.2) is 164 Å². The van der Waals surface area contributed by atoms with Crippen LogP contribution in [0, 0.1) is 13.8 Å². The molecule has 0 N–H and O–H groups in total. The van der Waals surface area contributed by atoms with Gasteiger partial charge in [-0.15, -0.1) is 0 Å². The van der Waals surface area contributed by atoms with Crippen molar-refractivity contribution in [3.63, 3.8) is 0 Å². The Bertz CT molecular complexity index is 2480. The third-order valence-corrected chi connectivity index (χ3v) is 8.67. The van der Waals surface area contributed by atoms with Gasteiger partial charge in [0.15, 0.2) is 11.6 Å². The molecule has 0 radical (unpaired) electrons. The van der Waals surface area contributed by atoms with Crippen molar-refractivity contribution in [1.82, 2.24) is 24.5 Å². The maximum atomic E-state index is 5.23. The average Bonchev–Trinajstić information content (AvgIpc) is 3.58. The van der Waals surface area contributed by atoms with Gasteiger partial charge in [-0.2, -0.15) is 0 Å². The summed E-state index contributed by atoms with van der Waals surface area (Å²) in [5.74, 6) is 3.13. The Morgan fingerprint density at radius 2 is 0.857 bits per heavy atom. The van der Waals surface area contributed by atoms with Crippen molar-refractivity contribution in [3.05, 3.63) is 175 Å². The molecule has 5 heteroatoms. The fraction of sp³-hybridized carbons (Fsp3) is 0.0455. The zero-order valence-corrected chi connectivity index (χ0v) is 27.3. The predicted molar refractivity (Wildman–Crippen MR) is 202 cm³/mol. The predicted octanol–water partition coefficient (Wildman–Crippen LogP) is 10.8. The van der Waals surface area contributed by atoms with E-state index in [1.807, 2.05) is 67.6 Å². The van der Waals surface area contributed by atoms with Crippen molar-refractivity contribution in [2.45, 2.75) is 13.8 Å². The molecule has 2 heterocycles. The lowest BCUT2D eigenvalue weighted by atomic mass is 10.00. The molecule has 49 heavy (non-hydrogen) atoms. The minimum absolute atomic E-state index is 0.715.